The van der Waals surface area contributed by atoms with E-state index in [9.17, 15) is 14.7 Å². The number of carbonyl (C=O) groups is 2. The minimum Gasteiger partial charge on any atom is -0.480 e. The van der Waals surface area contributed by atoms with Crippen LogP contribution in [0.5, 0.6) is 0 Å². The molecule has 2 rings (SSSR count). The quantitative estimate of drug-likeness (QED) is 0.862. The average molecular weight is 328 g/mol. The van der Waals surface area contributed by atoms with Gasteiger partial charge in [-0.25, -0.2) is 4.79 Å². The maximum Gasteiger partial charge on any atom is 0.326 e. The third-order valence-electron chi connectivity index (χ3n) is 3.52. The van der Waals surface area contributed by atoms with Crippen LogP contribution < -0.4 is 0 Å². The molecule has 0 aliphatic carbocycles. The molecule has 1 aliphatic heterocycles. The van der Waals surface area contributed by atoms with Gasteiger partial charge in [0, 0.05) is 11.4 Å². The number of thioether (sulfide) groups is 1. The van der Waals surface area contributed by atoms with Crippen molar-refractivity contribution in [3.63, 3.8) is 0 Å². The monoisotopic (exact) mass is 327 g/mol. The van der Waals surface area contributed by atoms with E-state index in [0.717, 1.165) is 11.3 Å². The van der Waals surface area contributed by atoms with Crippen molar-refractivity contribution in [3.8, 4) is 0 Å². The van der Waals surface area contributed by atoms with Gasteiger partial charge in [0.25, 0.3) is 0 Å². The fraction of sp³-hybridized carbons (Fsp3) is 0.467. The van der Waals surface area contributed by atoms with Crippen molar-refractivity contribution in [1.29, 1.82) is 0 Å². The molecule has 4 nitrogen and oxygen atoms in total. The molecular formula is C15H18ClNO3S. The van der Waals surface area contributed by atoms with Gasteiger partial charge in [-0.2, -0.15) is 0 Å². The molecule has 1 fully saturated rings. The molecule has 1 aromatic carbocycles. The van der Waals surface area contributed by atoms with Gasteiger partial charge >= 0.3 is 5.97 Å². The summed E-state index contributed by atoms with van der Waals surface area (Å²) >= 11 is 7.50. The summed E-state index contributed by atoms with van der Waals surface area (Å²) in [4.78, 5) is 26.2. The van der Waals surface area contributed by atoms with Gasteiger partial charge in [0.05, 0.1) is 9.77 Å². The Labute approximate surface area is 133 Å². The molecule has 0 saturated carbocycles. The summed E-state index contributed by atoms with van der Waals surface area (Å²) in [5.74, 6) is -1.09. The number of hydrogen-bond donors (Lipinski definition) is 1. The maximum atomic E-state index is 12.7. The maximum absolute atomic E-state index is 12.7. The highest BCUT2D eigenvalue weighted by atomic mass is 35.5. The van der Waals surface area contributed by atoms with E-state index in [1.807, 2.05) is 18.2 Å². The van der Waals surface area contributed by atoms with Gasteiger partial charge in [0.1, 0.15) is 6.04 Å². The summed E-state index contributed by atoms with van der Waals surface area (Å²) in [6.07, 6.45) is 1.25. The normalized spacial score (nSPS) is 18.8. The summed E-state index contributed by atoms with van der Waals surface area (Å²) in [7, 11) is 0. The highest BCUT2D eigenvalue weighted by Crippen LogP contribution is 2.38. The van der Waals surface area contributed by atoms with Crippen LogP contribution in [0.4, 0.5) is 0 Å². The molecule has 1 amide bonds. The first-order chi connectivity index (χ1) is 9.83. The van der Waals surface area contributed by atoms with Crippen molar-refractivity contribution < 1.29 is 14.7 Å². The van der Waals surface area contributed by atoms with E-state index in [4.69, 9.17) is 11.6 Å². The number of aliphatic carboxylic acids is 1. The van der Waals surface area contributed by atoms with Crippen LogP contribution in [0.1, 0.15) is 26.7 Å². The molecule has 0 aromatic heterocycles. The van der Waals surface area contributed by atoms with Gasteiger partial charge in [-0.1, -0.05) is 23.7 Å². The highest BCUT2D eigenvalue weighted by Gasteiger charge is 2.41. The van der Waals surface area contributed by atoms with Gasteiger partial charge in [-0.05, 0) is 38.8 Å². The van der Waals surface area contributed by atoms with E-state index in [1.165, 1.54) is 16.7 Å². The summed E-state index contributed by atoms with van der Waals surface area (Å²) in [5.41, 5.74) is 0. The van der Waals surface area contributed by atoms with E-state index in [1.54, 1.807) is 19.9 Å². The number of rotatable bonds is 4. The highest BCUT2D eigenvalue weighted by molar-refractivity contribution is 8.01. The molecule has 1 aromatic rings. The summed E-state index contributed by atoms with van der Waals surface area (Å²) in [6, 6.07) is 6.64. The zero-order chi connectivity index (χ0) is 15.6. The second-order valence-electron chi connectivity index (χ2n) is 5.54. The fourth-order valence-corrected chi connectivity index (χ4v) is 3.78. The Morgan fingerprint density at radius 2 is 2.05 bits per heavy atom. The van der Waals surface area contributed by atoms with Gasteiger partial charge in [-0.15, -0.1) is 11.8 Å². The first-order valence-corrected chi connectivity index (χ1v) is 8.00. The van der Waals surface area contributed by atoms with Gasteiger partial charge in [0.2, 0.25) is 5.91 Å². The molecular weight excluding hydrogens is 310 g/mol. The topological polar surface area (TPSA) is 57.6 Å². The number of carbonyl (C=O) groups excluding carboxylic acids is 1. The molecule has 21 heavy (non-hydrogen) atoms. The second kappa shape index (κ2) is 6.28. The van der Waals surface area contributed by atoms with Crippen molar-refractivity contribution in [2.24, 2.45) is 0 Å². The lowest BCUT2D eigenvalue weighted by molar-refractivity contribution is -0.148. The fourth-order valence-electron chi connectivity index (χ4n) is 2.46. The number of carboxylic acids is 1. The number of halogens is 1. The largest absolute Gasteiger partial charge is 0.480 e. The molecule has 1 heterocycles. The molecule has 1 N–H and O–H groups in total. The molecule has 1 aliphatic rings. The Hall–Kier alpha value is -1.20. The number of amides is 1. The van der Waals surface area contributed by atoms with E-state index < -0.39 is 16.8 Å². The van der Waals surface area contributed by atoms with Crippen LogP contribution in [0.15, 0.2) is 29.2 Å². The number of benzene rings is 1. The first kappa shape index (κ1) is 16.2. The van der Waals surface area contributed by atoms with Gasteiger partial charge < -0.3 is 10.0 Å². The predicted molar refractivity (Wildman–Crippen MR) is 83.8 cm³/mol. The zero-order valence-electron chi connectivity index (χ0n) is 12.0. The number of carboxylic acid groups (broad SMARTS) is 1. The minimum absolute atomic E-state index is 0.155. The van der Waals surface area contributed by atoms with Crippen molar-refractivity contribution in [2.75, 3.05) is 6.54 Å². The molecule has 1 unspecified atom stereocenters. The molecule has 6 heteroatoms. The van der Waals surface area contributed by atoms with E-state index >= 15 is 0 Å². The van der Waals surface area contributed by atoms with Crippen LogP contribution in [-0.4, -0.2) is 39.2 Å². The Balaban J connectivity index is 2.17. The third-order valence-corrected chi connectivity index (χ3v) is 5.22. The van der Waals surface area contributed by atoms with Crippen LogP contribution in [-0.2, 0) is 9.59 Å². The average Bonchev–Trinajstić information content (AvgIpc) is 2.89. The Morgan fingerprint density at radius 3 is 2.67 bits per heavy atom. The molecule has 0 bridgehead atoms. The predicted octanol–water partition coefficient (Wildman–Crippen LogP) is 3.29. The van der Waals surface area contributed by atoms with E-state index in [0.29, 0.717) is 18.0 Å². The van der Waals surface area contributed by atoms with Crippen LogP contribution in [0.25, 0.3) is 0 Å². The van der Waals surface area contributed by atoms with Gasteiger partial charge in [-0.3, -0.25) is 4.79 Å². The number of likely N-dealkylation sites (tertiary alicyclic amines) is 1. The van der Waals surface area contributed by atoms with Crippen LogP contribution >= 0.6 is 23.4 Å². The molecule has 114 valence electrons. The smallest absolute Gasteiger partial charge is 0.326 e. The second-order valence-corrected chi connectivity index (χ2v) is 7.61. The summed E-state index contributed by atoms with van der Waals surface area (Å²) < 4.78 is -0.761. The minimum atomic E-state index is -0.931. The van der Waals surface area contributed by atoms with E-state index in [-0.39, 0.29) is 5.91 Å². The van der Waals surface area contributed by atoms with Crippen LogP contribution in [0.2, 0.25) is 5.02 Å². The standard InChI is InChI=1S/C15H18ClNO3S/c1-15(2,21-12-8-4-3-6-10(12)16)14(20)17-9-5-7-11(17)13(18)19/h3-4,6,8,11H,5,7,9H2,1-2H3,(H,18,19). The SMILES string of the molecule is CC(C)(Sc1ccccc1Cl)C(=O)N1CCCC1C(=O)O. The van der Waals surface area contributed by atoms with Crippen molar-refractivity contribution in [1.82, 2.24) is 4.90 Å². The molecule has 0 radical (unpaired) electrons. The lowest BCUT2D eigenvalue weighted by Crippen LogP contribution is -2.48. The molecule has 0 spiro atoms. The van der Waals surface area contributed by atoms with Crippen molar-refractivity contribution >= 4 is 35.2 Å². The first-order valence-electron chi connectivity index (χ1n) is 6.80. The van der Waals surface area contributed by atoms with E-state index in [2.05, 4.69) is 0 Å². The number of hydrogen-bond acceptors (Lipinski definition) is 3. The third kappa shape index (κ3) is 3.52. The van der Waals surface area contributed by atoms with Crippen molar-refractivity contribution in [2.45, 2.75) is 42.4 Å². The van der Waals surface area contributed by atoms with Crippen LogP contribution in [0.3, 0.4) is 0 Å². The Kier molecular flexibility index (Phi) is 4.84. The summed E-state index contributed by atoms with van der Waals surface area (Å²) in [6.45, 7) is 4.11. The van der Waals surface area contributed by atoms with Crippen LogP contribution in [0, 0.1) is 0 Å². The number of nitrogens with zero attached hydrogens (tertiary/aromatic N) is 1. The summed E-state index contributed by atoms with van der Waals surface area (Å²) in [5, 5.41) is 9.81. The Bertz CT molecular complexity index is 562. The lowest BCUT2D eigenvalue weighted by atomic mass is 10.1. The van der Waals surface area contributed by atoms with Crippen molar-refractivity contribution in [3.05, 3.63) is 29.3 Å². The van der Waals surface area contributed by atoms with Gasteiger partial charge in [0.15, 0.2) is 0 Å². The Morgan fingerprint density at radius 1 is 1.38 bits per heavy atom. The molecule has 1 saturated heterocycles. The molecule has 1 atom stereocenters. The lowest BCUT2D eigenvalue weighted by Gasteiger charge is -2.31. The zero-order valence-corrected chi connectivity index (χ0v) is 13.6.